The summed E-state index contributed by atoms with van der Waals surface area (Å²) in [6, 6.07) is 13.3. The van der Waals surface area contributed by atoms with Crippen molar-refractivity contribution in [3.63, 3.8) is 0 Å². The number of hydrogen-bond donors (Lipinski definition) is 1. The minimum Gasteiger partial charge on any atom is -0.508 e. The van der Waals surface area contributed by atoms with Crippen molar-refractivity contribution in [1.82, 2.24) is 0 Å². The fraction of sp³-hybridized carbons (Fsp3) is 0.250. The molecular formula is C16H18BrNO2. The van der Waals surface area contributed by atoms with Crippen LogP contribution in [0.3, 0.4) is 0 Å². The summed E-state index contributed by atoms with van der Waals surface area (Å²) < 4.78 is 6.34. The summed E-state index contributed by atoms with van der Waals surface area (Å²) in [6.45, 7) is 2.05. The molecule has 1 unspecified atom stereocenters. The second-order valence-electron chi connectivity index (χ2n) is 4.66. The molecule has 0 amide bonds. The Morgan fingerprint density at radius 1 is 1.20 bits per heavy atom. The van der Waals surface area contributed by atoms with Gasteiger partial charge in [-0.05, 0) is 37.3 Å². The molecule has 0 heterocycles. The molecule has 20 heavy (non-hydrogen) atoms. The Kier molecular flexibility index (Phi) is 4.55. The lowest BCUT2D eigenvalue weighted by Gasteiger charge is -2.29. The quantitative estimate of drug-likeness (QED) is 0.900. The lowest BCUT2D eigenvalue weighted by molar-refractivity contribution is 0.413. The van der Waals surface area contributed by atoms with Crippen LogP contribution in [-0.2, 0) is 0 Å². The highest BCUT2D eigenvalue weighted by molar-refractivity contribution is 9.10. The lowest BCUT2D eigenvalue weighted by atomic mass is 10.1. The molecule has 1 atom stereocenters. The van der Waals surface area contributed by atoms with Crippen LogP contribution >= 0.6 is 15.9 Å². The Morgan fingerprint density at radius 2 is 1.90 bits per heavy atom. The third-order valence-electron chi connectivity index (χ3n) is 3.49. The molecular weight excluding hydrogens is 318 g/mol. The van der Waals surface area contributed by atoms with E-state index in [0.29, 0.717) is 5.75 Å². The largest absolute Gasteiger partial charge is 0.508 e. The molecule has 0 aliphatic carbocycles. The Labute approximate surface area is 127 Å². The second-order valence-corrected chi connectivity index (χ2v) is 5.58. The maximum Gasteiger partial charge on any atom is 0.142 e. The van der Waals surface area contributed by atoms with Gasteiger partial charge >= 0.3 is 0 Å². The molecule has 2 aromatic carbocycles. The molecule has 0 aromatic heterocycles. The predicted molar refractivity (Wildman–Crippen MR) is 85.6 cm³/mol. The van der Waals surface area contributed by atoms with Crippen LogP contribution in [0.25, 0.3) is 0 Å². The van der Waals surface area contributed by atoms with Gasteiger partial charge in [0.05, 0.1) is 18.8 Å². The smallest absolute Gasteiger partial charge is 0.142 e. The number of anilines is 1. The molecule has 2 rings (SSSR count). The van der Waals surface area contributed by atoms with E-state index >= 15 is 0 Å². The van der Waals surface area contributed by atoms with E-state index in [-0.39, 0.29) is 6.04 Å². The van der Waals surface area contributed by atoms with Crippen LogP contribution in [0, 0.1) is 0 Å². The Balaban J connectivity index is 2.37. The van der Waals surface area contributed by atoms with Crippen LogP contribution in [0.4, 0.5) is 5.69 Å². The SMILES string of the molecule is COc1ccccc1N(C)C(C)c1cc(Br)ccc1O. The number of aromatic hydroxyl groups is 1. The van der Waals surface area contributed by atoms with Gasteiger partial charge in [-0.3, -0.25) is 0 Å². The first kappa shape index (κ1) is 14.7. The summed E-state index contributed by atoms with van der Waals surface area (Å²) in [5.41, 5.74) is 1.86. The van der Waals surface area contributed by atoms with E-state index in [2.05, 4.69) is 20.8 Å². The minimum atomic E-state index is 0.0174. The molecule has 3 nitrogen and oxygen atoms in total. The maximum absolute atomic E-state index is 10.0. The van der Waals surface area contributed by atoms with Crippen molar-refractivity contribution in [2.75, 3.05) is 19.1 Å². The van der Waals surface area contributed by atoms with Crippen LogP contribution in [0.5, 0.6) is 11.5 Å². The van der Waals surface area contributed by atoms with Gasteiger partial charge in [-0.2, -0.15) is 0 Å². The molecule has 0 fully saturated rings. The Morgan fingerprint density at radius 3 is 2.60 bits per heavy atom. The van der Waals surface area contributed by atoms with Crippen LogP contribution in [0.15, 0.2) is 46.9 Å². The Bertz CT molecular complexity index is 601. The van der Waals surface area contributed by atoms with Crippen molar-refractivity contribution in [1.29, 1.82) is 0 Å². The zero-order valence-electron chi connectivity index (χ0n) is 11.8. The van der Waals surface area contributed by atoms with Gasteiger partial charge in [0.2, 0.25) is 0 Å². The number of methoxy groups -OCH3 is 1. The van der Waals surface area contributed by atoms with E-state index in [9.17, 15) is 5.11 Å². The van der Waals surface area contributed by atoms with E-state index in [0.717, 1.165) is 21.5 Å². The van der Waals surface area contributed by atoms with Crippen LogP contribution in [0.1, 0.15) is 18.5 Å². The normalized spacial score (nSPS) is 12.0. The van der Waals surface area contributed by atoms with Crippen LogP contribution in [0.2, 0.25) is 0 Å². The van der Waals surface area contributed by atoms with Gasteiger partial charge in [-0.1, -0.05) is 28.1 Å². The van der Waals surface area contributed by atoms with Crippen molar-refractivity contribution < 1.29 is 9.84 Å². The third-order valence-corrected chi connectivity index (χ3v) is 3.98. The predicted octanol–water partition coefficient (Wildman–Crippen LogP) is 4.36. The molecule has 4 heteroatoms. The molecule has 0 saturated carbocycles. The molecule has 0 bridgehead atoms. The third kappa shape index (κ3) is 2.90. The van der Waals surface area contributed by atoms with E-state index in [1.807, 2.05) is 50.4 Å². The molecule has 106 valence electrons. The zero-order chi connectivity index (χ0) is 14.7. The van der Waals surface area contributed by atoms with Gasteiger partial charge in [0.25, 0.3) is 0 Å². The summed E-state index contributed by atoms with van der Waals surface area (Å²) in [5.74, 6) is 1.11. The summed E-state index contributed by atoms with van der Waals surface area (Å²) in [6.07, 6.45) is 0. The highest BCUT2D eigenvalue weighted by Crippen LogP contribution is 2.36. The molecule has 0 saturated heterocycles. The van der Waals surface area contributed by atoms with E-state index in [1.165, 1.54) is 0 Å². The number of phenolic OH excluding ortho intramolecular Hbond substituents is 1. The fourth-order valence-corrected chi connectivity index (χ4v) is 2.58. The average Bonchev–Trinajstić information content (AvgIpc) is 2.48. The number of nitrogens with zero attached hydrogens (tertiary/aromatic N) is 1. The topological polar surface area (TPSA) is 32.7 Å². The summed E-state index contributed by atoms with van der Waals surface area (Å²) in [7, 11) is 3.65. The lowest BCUT2D eigenvalue weighted by Crippen LogP contribution is -2.22. The van der Waals surface area contributed by atoms with Gasteiger partial charge in [-0.25, -0.2) is 0 Å². The molecule has 2 aromatic rings. The first-order chi connectivity index (χ1) is 9.54. The molecule has 1 N–H and O–H groups in total. The second kappa shape index (κ2) is 6.18. The van der Waals surface area contributed by atoms with Gasteiger partial charge in [0.15, 0.2) is 0 Å². The number of benzene rings is 2. The highest BCUT2D eigenvalue weighted by atomic mass is 79.9. The monoisotopic (exact) mass is 335 g/mol. The highest BCUT2D eigenvalue weighted by Gasteiger charge is 2.18. The standard InChI is InChI=1S/C16H18BrNO2/c1-11(13-10-12(17)8-9-15(13)19)18(2)14-6-4-5-7-16(14)20-3/h4-11,19H,1-3H3. The average molecular weight is 336 g/mol. The van der Waals surface area contributed by atoms with Gasteiger partial charge in [-0.15, -0.1) is 0 Å². The van der Waals surface area contributed by atoms with E-state index in [4.69, 9.17) is 4.74 Å². The molecule has 0 spiro atoms. The number of halogens is 1. The van der Waals surface area contributed by atoms with Crippen molar-refractivity contribution in [3.05, 3.63) is 52.5 Å². The fourth-order valence-electron chi connectivity index (χ4n) is 2.20. The summed E-state index contributed by atoms with van der Waals surface area (Å²) in [4.78, 5) is 2.08. The molecule has 0 aliphatic rings. The van der Waals surface area contributed by atoms with Crippen LogP contribution < -0.4 is 9.64 Å². The van der Waals surface area contributed by atoms with E-state index < -0.39 is 0 Å². The number of ether oxygens (including phenoxy) is 1. The minimum absolute atomic E-state index is 0.0174. The van der Waals surface area contributed by atoms with Gasteiger partial charge < -0.3 is 14.7 Å². The number of rotatable bonds is 4. The van der Waals surface area contributed by atoms with Crippen molar-refractivity contribution in [2.24, 2.45) is 0 Å². The van der Waals surface area contributed by atoms with Gasteiger partial charge in [0.1, 0.15) is 11.5 Å². The van der Waals surface area contributed by atoms with Crippen LogP contribution in [-0.4, -0.2) is 19.3 Å². The Hall–Kier alpha value is -1.68. The summed E-state index contributed by atoms with van der Waals surface area (Å²) >= 11 is 3.44. The molecule has 0 radical (unpaired) electrons. The van der Waals surface area contributed by atoms with Gasteiger partial charge in [0, 0.05) is 17.1 Å². The first-order valence-corrected chi connectivity index (χ1v) is 7.18. The molecule has 0 aliphatic heterocycles. The van der Waals surface area contributed by atoms with Crippen molar-refractivity contribution in [2.45, 2.75) is 13.0 Å². The number of phenols is 1. The van der Waals surface area contributed by atoms with E-state index in [1.54, 1.807) is 13.2 Å². The van der Waals surface area contributed by atoms with Crippen molar-refractivity contribution >= 4 is 21.6 Å². The van der Waals surface area contributed by atoms with Crippen molar-refractivity contribution in [3.8, 4) is 11.5 Å². The number of para-hydroxylation sites is 2. The maximum atomic E-state index is 10.0. The summed E-state index contributed by atoms with van der Waals surface area (Å²) in [5, 5.41) is 10.0. The first-order valence-electron chi connectivity index (χ1n) is 6.39. The number of hydrogen-bond acceptors (Lipinski definition) is 3. The zero-order valence-corrected chi connectivity index (χ0v) is 13.4.